The number of nitrogens with zero attached hydrogens (tertiary/aromatic N) is 1. The van der Waals surface area contributed by atoms with Crippen LogP contribution in [0, 0.1) is 0 Å². The second kappa shape index (κ2) is 32.5. The molecule has 0 bridgehead atoms. The summed E-state index contributed by atoms with van der Waals surface area (Å²) in [5.74, 6) is -1.55. The quantitative estimate of drug-likeness (QED) is 0.0317. The summed E-state index contributed by atoms with van der Waals surface area (Å²) in [5, 5.41) is 9.56. The largest absolute Gasteiger partial charge is 0.477 e. The molecule has 0 saturated carbocycles. The number of quaternary nitrogens is 1. The maximum absolute atomic E-state index is 12.6. The van der Waals surface area contributed by atoms with Gasteiger partial charge in [0.2, 0.25) is 0 Å². The lowest BCUT2D eigenvalue weighted by Crippen LogP contribution is -2.50. The summed E-state index contributed by atoms with van der Waals surface area (Å²) < 4.78 is 17.1. The number of carbonyl (C=O) groups is 3. The molecule has 2 atom stereocenters. The van der Waals surface area contributed by atoms with Crippen LogP contribution >= 0.6 is 0 Å². The first-order chi connectivity index (χ1) is 23.6. The Morgan fingerprint density at radius 3 is 1.65 bits per heavy atom. The summed E-state index contributed by atoms with van der Waals surface area (Å²) in [6.45, 7) is 4.59. The van der Waals surface area contributed by atoms with Gasteiger partial charge < -0.3 is 23.8 Å². The molecule has 0 aliphatic heterocycles. The number of likely N-dealkylation sites (N-methyl/N-ethyl adjacent to an activating group) is 1. The van der Waals surface area contributed by atoms with E-state index in [0.717, 1.165) is 44.9 Å². The predicted molar refractivity (Wildman–Crippen MR) is 201 cm³/mol. The van der Waals surface area contributed by atoms with Crippen molar-refractivity contribution in [1.82, 2.24) is 0 Å². The van der Waals surface area contributed by atoms with Gasteiger partial charge in [-0.15, -0.1) is 0 Å². The zero-order valence-electron chi connectivity index (χ0n) is 31.9. The number of aliphatic carboxylic acids is 1. The molecular weight excluding hydrogens is 618 g/mol. The van der Waals surface area contributed by atoms with Gasteiger partial charge >= 0.3 is 17.9 Å². The lowest BCUT2D eigenvalue weighted by atomic mass is 10.1. The third-order valence-electron chi connectivity index (χ3n) is 8.23. The fraction of sp³-hybridized carbons (Fsp3) is 0.732. The molecule has 1 N–H and O–H groups in total. The van der Waals surface area contributed by atoms with Gasteiger partial charge in [-0.3, -0.25) is 9.59 Å². The van der Waals surface area contributed by atoms with Gasteiger partial charge in [0.05, 0.1) is 34.4 Å². The van der Waals surface area contributed by atoms with E-state index in [1.165, 1.54) is 57.8 Å². The van der Waals surface area contributed by atoms with Crippen molar-refractivity contribution in [2.75, 3.05) is 41.0 Å². The van der Waals surface area contributed by atoms with Crippen molar-refractivity contribution >= 4 is 17.9 Å². The number of rotatable bonds is 33. The summed E-state index contributed by atoms with van der Waals surface area (Å²) in [7, 11) is 5.49. The number of carbonyl (C=O) groups excluding carboxylic acids is 2. The zero-order chi connectivity index (χ0) is 36.4. The van der Waals surface area contributed by atoms with Crippen LogP contribution in [-0.2, 0) is 28.6 Å². The topological polar surface area (TPSA) is 99.1 Å². The van der Waals surface area contributed by atoms with Gasteiger partial charge in [-0.05, 0) is 51.4 Å². The second-order valence-corrected chi connectivity index (χ2v) is 13.8. The molecular formula is C41H72NO7+. The molecule has 0 aliphatic rings. The number of carboxylic acid groups (broad SMARTS) is 1. The standard InChI is InChI=1S/C41H71NO7/c1-6-8-10-12-14-16-17-18-19-20-21-22-23-24-26-27-29-31-39(43)48-36-37(35-47-34-33-38(41(45)46)42(3,4)5)49-40(44)32-30-28-25-15-13-11-9-7-2/h14,16,18-19,21-22,24,26,37-38H,6-13,15,17,20,23,25,27-36H2,1-5H3/p+1/b16-14+,19-18+,22-21+,26-24+. The molecule has 0 amide bonds. The highest BCUT2D eigenvalue weighted by Gasteiger charge is 2.31. The zero-order valence-corrected chi connectivity index (χ0v) is 31.9. The Hall–Kier alpha value is -2.71. The number of hydrogen-bond acceptors (Lipinski definition) is 6. The Labute approximate surface area is 299 Å². The second-order valence-electron chi connectivity index (χ2n) is 13.8. The monoisotopic (exact) mass is 691 g/mol. The highest BCUT2D eigenvalue weighted by molar-refractivity contribution is 5.72. The average molecular weight is 691 g/mol. The van der Waals surface area contributed by atoms with E-state index >= 15 is 0 Å². The van der Waals surface area contributed by atoms with E-state index in [4.69, 9.17) is 14.2 Å². The molecule has 0 aliphatic carbocycles. The van der Waals surface area contributed by atoms with E-state index in [-0.39, 0.29) is 42.7 Å². The SMILES string of the molecule is CCCCC/C=C/C/C=C/C/C=C/C/C=C/CCCC(=O)OCC(COCCC(C(=O)O)[N+](C)(C)C)OC(=O)CCCCCCCCCC. The Morgan fingerprint density at radius 2 is 1.10 bits per heavy atom. The van der Waals surface area contributed by atoms with Crippen molar-refractivity contribution in [3.05, 3.63) is 48.6 Å². The van der Waals surface area contributed by atoms with Crippen molar-refractivity contribution < 1.29 is 38.2 Å². The lowest BCUT2D eigenvalue weighted by Gasteiger charge is -2.31. The maximum atomic E-state index is 12.6. The molecule has 0 aromatic rings. The molecule has 0 spiro atoms. The molecule has 8 heteroatoms. The summed E-state index contributed by atoms with van der Waals surface area (Å²) in [6.07, 6.45) is 36.0. The minimum Gasteiger partial charge on any atom is -0.477 e. The van der Waals surface area contributed by atoms with E-state index in [1.807, 2.05) is 21.1 Å². The fourth-order valence-corrected chi connectivity index (χ4v) is 5.20. The molecule has 0 rings (SSSR count). The molecule has 0 fully saturated rings. The molecule has 0 aromatic heterocycles. The van der Waals surface area contributed by atoms with Crippen molar-refractivity contribution in [3.63, 3.8) is 0 Å². The van der Waals surface area contributed by atoms with Gasteiger partial charge in [-0.2, -0.15) is 0 Å². The Bertz CT molecular complexity index is 948. The first-order valence-corrected chi connectivity index (χ1v) is 19.2. The average Bonchev–Trinajstić information content (AvgIpc) is 3.05. The number of unbranched alkanes of at least 4 members (excludes halogenated alkanes) is 11. The van der Waals surface area contributed by atoms with Gasteiger partial charge in [0.25, 0.3) is 0 Å². The Balaban J connectivity index is 4.46. The van der Waals surface area contributed by atoms with E-state index in [9.17, 15) is 19.5 Å². The number of hydrogen-bond donors (Lipinski definition) is 1. The van der Waals surface area contributed by atoms with Crippen LogP contribution < -0.4 is 0 Å². The summed E-state index contributed by atoms with van der Waals surface area (Å²) in [6, 6.07) is -0.620. The highest BCUT2D eigenvalue weighted by atomic mass is 16.6. The molecule has 2 unspecified atom stereocenters. The third-order valence-corrected chi connectivity index (χ3v) is 8.23. The van der Waals surface area contributed by atoms with Crippen molar-refractivity contribution in [3.8, 4) is 0 Å². The minimum atomic E-state index is -0.885. The normalized spacial score (nSPS) is 13.6. The van der Waals surface area contributed by atoms with Crippen LogP contribution in [0.3, 0.4) is 0 Å². The van der Waals surface area contributed by atoms with Gasteiger partial charge in [0, 0.05) is 19.3 Å². The van der Waals surface area contributed by atoms with Gasteiger partial charge in [0.1, 0.15) is 6.61 Å². The van der Waals surface area contributed by atoms with Crippen LogP contribution in [0.1, 0.15) is 142 Å². The van der Waals surface area contributed by atoms with Crippen LogP contribution in [0.5, 0.6) is 0 Å². The molecule has 8 nitrogen and oxygen atoms in total. The minimum absolute atomic E-state index is 0.0438. The molecule has 0 aromatic carbocycles. The van der Waals surface area contributed by atoms with Crippen LogP contribution in [0.25, 0.3) is 0 Å². The maximum Gasteiger partial charge on any atom is 0.362 e. The van der Waals surface area contributed by atoms with E-state index in [2.05, 4.69) is 62.5 Å². The number of carboxylic acids is 1. The molecule has 49 heavy (non-hydrogen) atoms. The van der Waals surface area contributed by atoms with Gasteiger partial charge in [0.15, 0.2) is 12.1 Å². The molecule has 282 valence electrons. The van der Waals surface area contributed by atoms with Crippen molar-refractivity contribution in [2.45, 2.75) is 154 Å². The number of allylic oxidation sites excluding steroid dienone is 8. The Morgan fingerprint density at radius 1 is 0.612 bits per heavy atom. The number of ether oxygens (including phenoxy) is 3. The Kier molecular flexibility index (Phi) is 30.7. The van der Waals surface area contributed by atoms with Crippen LogP contribution in [0.15, 0.2) is 48.6 Å². The first kappa shape index (κ1) is 46.3. The molecule has 0 heterocycles. The highest BCUT2D eigenvalue weighted by Crippen LogP contribution is 2.12. The first-order valence-electron chi connectivity index (χ1n) is 19.2. The lowest BCUT2D eigenvalue weighted by molar-refractivity contribution is -0.887. The molecule has 0 radical (unpaired) electrons. The van der Waals surface area contributed by atoms with Crippen molar-refractivity contribution in [2.24, 2.45) is 0 Å². The van der Waals surface area contributed by atoms with Crippen LogP contribution in [0.4, 0.5) is 0 Å². The predicted octanol–water partition coefficient (Wildman–Crippen LogP) is 9.68. The smallest absolute Gasteiger partial charge is 0.362 e. The number of esters is 2. The molecule has 0 saturated heterocycles. The third kappa shape index (κ3) is 31.0. The summed E-state index contributed by atoms with van der Waals surface area (Å²) in [5.41, 5.74) is 0. The van der Waals surface area contributed by atoms with Crippen LogP contribution in [-0.4, -0.2) is 80.6 Å². The summed E-state index contributed by atoms with van der Waals surface area (Å²) in [4.78, 5) is 36.6. The fourth-order valence-electron chi connectivity index (χ4n) is 5.20. The van der Waals surface area contributed by atoms with Gasteiger partial charge in [-0.25, -0.2) is 4.79 Å². The summed E-state index contributed by atoms with van der Waals surface area (Å²) >= 11 is 0. The van der Waals surface area contributed by atoms with E-state index < -0.39 is 18.1 Å². The van der Waals surface area contributed by atoms with Crippen LogP contribution in [0.2, 0.25) is 0 Å². The van der Waals surface area contributed by atoms with E-state index in [1.54, 1.807) is 0 Å². The van der Waals surface area contributed by atoms with E-state index in [0.29, 0.717) is 19.3 Å². The van der Waals surface area contributed by atoms with Gasteiger partial charge in [-0.1, -0.05) is 120 Å². The van der Waals surface area contributed by atoms with Crippen molar-refractivity contribution in [1.29, 1.82) is 0 Å².